The summed E-state index contributed by atoms with van der Waals surface area (Å²) in [4.78, 5) is 15.3. The number of rotatable bonds is 6. The van der Waals surface area contributed by atoms with Gasteiger partial charge < -0.3 is 5.32 Å². The lowest BCUT2D eigenvalue weighted by atomic mass is 10.2. The minimum Gasteiger partial charge on any atom is -0.352 e. The Kier molecular flexibility index (Phi) is 5.85. The van der Waals surface area contributed by atoms with E-state index in [2.05, 4.69) is 10.3 Å². The van der Waals surface area contributed by atoms with Crippen molar-refractivity contribution in [1.29, 1.82) is 0 Å². The summed E-state index contributed by atoms with van der Waals surface area (Å²) in [6.07, 6.45) is 7.10. The van der Waals surface area contributed by atoms with Crippen molar-refractivity contribution in [3.05, 3.63) is 30.1 Å². The number of aromatic nitrogens is 1. The molecule has 0 aliphatic rings. The van der Waals surface area contributed by atoms with E-state index in [0.717, 1.165) is 17.7 Å². The van der Waals surface area contributed by atoms with E-state index in [4.69, 9.17) is 0 Å². The third kappa shape index (κ3) is 5.42. The van der Waals surface area contributed by atoms with E-state index in [9.17, 15) is 4.79 Å². The highest BCUT2D eigenvalue weighted by Crippen LogP contribution is 2.00. The summed E-state index contributed by atoms with van der Waals surface area (Å²) in [6, 6.07) is 3.82. The number of thioether (sulfide) groups is 1. The summed E-state index contributed by atoms with van der Waals surface area (Å²) in [5.41, 5.74) is 1.04. The zero-order valence-corrected chi connectivity index (χ0v) is 9.72. The topological polar surface area (TPSA) is 42.0 Å². The zero-order chi connectivity index (χ0) is 10.9. The van der Waals surface area contributed by atoms with E-state index in [1.807, 2.05) is 18.4 Å². The fourth-order valence-electron chi connectivity index (χ4n) is 1.17. The van der Waals surface area contributed by atoms with E-state index in [1.54, 1.807) is 24.2 Å². The van der Waals surface area contributed by atoms with E-state index in [-0.39, 0.29) is 5.91 Å². The largest absolute Gasteiger partial charge is 0.352 e. The van der Waals surface area contributed by atoms with Gasteiger partial charge in [0.25, 0.3) is 0 Å². The predicted molar refractivity (Wildman–Crippen MR) is 63.7 cm³/mol. The number of nitrogens with one attached hydrogen (secondary N) is 1. The summed E-state index contributed by atoms with van der Waals surface area (Å²) < 4.78 is 0. The summed E-state index contributed by atoms with van der Waals surface area (Å²) in [6.45, 7) is 0.575. The Bertz CT molecular complexity index is 290. The van der Waals surface area contributed by atoms with Crippen molar-refractivity contribution in [3.63, 3.8) is 0 Å². The highest BCUT2D eigenvalue weighted by atomic mass is 32.2. The number of carbonyl (C=O) groups is 1. The first-order valence-corrected chi connectivity index (χ1v) is 6.37. The van der Waals surface area contributed by atoms with Crippen molar-refractivity contribution in [1.82, 2.24) is 10.3 Å². The van der Waals surface area contributed by atoms with Gasteiger partial charge in [-0.3, -0.25) is 9.78 Å². The van der Waals surface area contributed by atoms with Crippen LogP contribution in [0.1, 0.15) is 18.4 Å². The average molecular weight is 224 g/mol. The monoisotopic (exact) mass is 224 g/mol. The highest BCUT2D eigenvalue weighted by molar-refractivity contribution is 7.98. The van der Waals surface area contributed by atoms with Crippen molar-refractivity contribution in [2.24, 2.45) is 0 Å². The zero-order valence-electron chi connectivity index (χ0n) is 8.90. The van der Waals surface area contributed by atoms with Gasteiger partial charge in [0.1, 0.15) is 0 Å². The second-order valence-electron chi connectivity index (χ2n) is 3.23. The van der Waals surface area contributed by atoms with Gasteiger partial charge in [0.05, 0.1) is 0 Å². The fraction of sp³-hybridized carbons (Fsp3) is 0.455. The van der Waals surface area contributed by atoms with Crippen molar-refractivity contribution in [2.75, 3.05) is 12.0 Å². The third-order valence-electron chi connectivity index (χ3n) is 1.96. The maximum absolute atomic E-state index is 11.4. The molecule has 0 radical (unpaired) electrons. The molecule has 82 valence electrons. The molecular weight excluding hydrogens is 208 g/mol. The van der Waals surface area contributed by atoms with Crippen LogP contribution in [0.25, 0.3) is 0 Å². The van der Waals surface area contributed by atoms with Crippen LogP contribution in [0.2, 0.25) is 0 Å². The van der Waals surface area contributed by atoms with Crippen molar-refractivity contribution >= 4 is 17.7 Å². The van der Waals surface area contributed by atoms with Gasteiger partial charge in [-0.15, -0.1) is 0 Å². The first-order chi connectivity index (χ1) is 7.33. The Balaban J connectivity index is 2.17. The molecule has 4 heteroatoms. The van der Waals surface area contributed by atoms with Crippen molar-refractivity contribution in [3.8, 4) is 0 Å². The summed E-state index contributed by atoms with van der Waals surface area (Å²) in [5.74, 6) is 1.16. The van der Waals surface area contributed by atoms with Gasteiger partial charge in [0, 0.05) is 25.4 Å². The Morgan fingerprint density at radius 3 is 3.13 bits per heavy atom. The molecule has 0 aromatic carbocycles. The van der Waals surface area contributed by atoms with Gasteiger partial charge in [-0.25, -0.2) is 0 Å². The standard InChI is InChI=1S/C11H16N2OS/c1-15-7-3-5-11(14)13-9-10-4-2-6-12-8-10/h2,4,6,8H,3,5,7,9H2,1H3,(H,13,14). The third-order valence-corrected chi connectivity index (χ3v) is 2.66. The number of hydrogen-bond donors (Lipinski definition) is 1. The number of nitrogens with zero attached hydrogens (tertiary/aromatic N) is 1. The minimum absolute atomic E-state index is 0.118. The fourth-order valence-corrected chi connectivity index (χ4v) is 1.60. The van der Waals surface area contributed by atoms with Gasteiger partial charge in [-0.1, -0.05) is 6.07 Å². The summed E-state index contributed by atoms with van der Waals surface area (Å²) >= 11 is 1.77. The quantitative estimate of drug-likeness (QED) is 0.750. The highest BCUT2D eigenvalue weighted by Gasteiger charge is 2.00. The Morgan fingerprint density at radius 2 is 2.47 bits per heavy atom. The molecule has 0 unspecified atom stereocenters. The average Bonchev–Trinajstić information content (AvgIpc) is 2.28. The lowest BCUT2D eigenvalue weighted by molar-refractivity contribution is -0.121. The van der Waals surface area contributed by atoms with E-state index in [1.165, 1.54) is 0 Å². The lowest BCUT2D eigenvalue weighted by Crippen LogP contribution is -2.22. The second kappa shape index (κ2) is 7.29. The van der Waals surface area contributed by atoms with Crippen LogP contribution in [-0.2, 0) is 11.3 Å². The van der Waals surface area contributed by atoms with Crippen LogP contribution < -0.4 is 5.32 Å². The van der Waals surface area contributed by atoms with Gasteiger partial charge in [0.2, 0.25) is 5.91 Å². The summed E-state index contributed by atoms with van der Waals surface area (Å²) in [7, 11) is 0. The molecular formula is C11H16N2OS. The number of pyridine rings is 1. The maximum atomic E-state index is 11.4. The van der Waals surface area contributed by atoms with Gasteiger partial charge in [0.15, 0.2) is 0 Å². The molecule has 1 N–H and O–H groups in total. The second-order valence-corrected chi connectivity index (χ2v) is 4.22. The summed E-state index contributed by atoms with van der Waals surface area (Å²) in [5, 5.41) is 2.87. The predicted octanol–water partition coefficient (Wildman–Crippen LogP) is 1.84. The molecule has 0 spiro atoms. The molecule has 0 aliphatic carbocycles. The molecule has 0 saturated carbocycles. The Morgan fingerprint density at radius 1 is 1.60 bits per heavy atom. The molecule has 1 heterocycles. The molecule has 1 rings (SSSR count). The number of amides is 1. The maximum Gasteiger partial charge on any atom is 0.220 e. The molecule has 1 amide bonds. The molecule has 0 fully saturated rings. The molecule has 0 saturated heterocycles. The molecule has 1 aromatic rings. The van der Waals surface area contributed by atoms with Crippen LogP contribution in [0.15, 0.2) is 24.5 Å². The molecule has 1 aromatic heterocycles. The van der Waals surface area contributed by atoms with E-state index >= 15 is 0 Å². The van der Waals surface area contributed by atoms with Crippen LogP contribution in [-0.4, -0.2) is 22.9 Å². The molecule has 3 nitrogen and oxygen atoms in total. The molecule has 0 atom stereocenters. The van der Waals surface area contributed by atoms with Crippen LogP contribution >= 0.6 is 11.8 Å². The molecule has 0 bridgehead atoms. The van der Waals surface area contributed by atoms with Crippen LogP contribution in [0.3, 0.4) is 0 Å². The van der Waals surface area contributed by atoms with Gasteiger partial charge in [-0.05, 0) is 30.1 Å². The smallest absolute Gasteiger partial charge is 0.220 e. The lowest BCUT2D eigenvalue weighted by Gasteiger charge is -2.04. The minimum atomic E-state index is 0.118. The molecule has 0 aliphatic heterocycles. The van der Waals surface area contributed by atoms with Crippen LogP contribution in [0.4, 0.5) is 0 Å². The Hall–Kier alpha value is -1.03. The van der Waals surface area contributed by atoms with E-state index in [0.29, 0.717) is 13.0 Å². The normalized spacial score (nSPS) is 9.93. The number of carbonyl (C=O) groups excluding carboxylic acids is 1. The van der Waals surface area contributed by atoms with Crippen molar-refractivity contribution < 1.29 is 4.79 Å². The SMILES string of the molecule is CSCCCC(=O)NCc1cccnc1. The van der Waals surface area contributed by atoms with Crippen LogP contribution in [0, 0.1) is 0 Å². The van der Waals surface area contributed by atoms with Gasteiger partial charge in [-0.2, -0.15) is 11.8 Å². The first kappa shape index (κ1) is 12.0. The molecule has 15 heavy (non-hydrogen) atoms. The van der Waals surface area contributed by atoms with E-state index < -0.39 is 0 Å². The van der Waals surface area contributed by atoms with Crippen LogP contribution in [0.5, 0.6) is 0 Å². The van der Waals surface area contributed by atoms with Crippen molar-refractivity contribution in [2.45, 2.75) is 19.4 Å². The van der Waals surface area contributed by atoms with Gasteiger partial charge >= 0.3 is 0 Å². The first-order valence-electron chi connectivity index (χ1n) is 4.97. The Labute approximate surface area is 94.7 Å². The number of hydrogen-bond acceptors (Lipinski definition) is 3.